The second-order valence-electron chi connectivity index (χ2n) is 12.7. The zero-order valence-electron chi connectivity index (χ0n) is 25.8. The molecule has 9 nitrogen and oxygen atoms in total. The van der Waals surface area contributed by atoms with Gasteiger partial charge in [-0.05, 0) is 87.8 Å². The second-order valence-corrected chi connectivity index (χ2v) is 12.7. The zero-order chi connectivity index (χ0) is 30.5. The Morgan fingerprint density at radius 1 is 1.19 bits per heavy atom. The predicted octanol–water partition coefficient (Wildman–Crippen LogP) is 5.74. The Balaban J connectivity index is 0.00000129. The number of hydrogen-bond acceptors (Lipinski definition) is 8. The third-order valence-corrected chi connectivity index (χ3v) is 9.13. The van der Waals surface area contributed by atoms with Gasteiger partial charge in [-0.25, -0.2) is 4.98 Å². The Morgan fingerprint density at radius 3 is 2.52 bits per heavy atom. The maximum atomic E-state index is 13.4. The summed E-state index contributed by atoms with van der Waals surface area (Å²) in [4.78, 5) is 28.9. The molecule has 2 saturated carbocycles. The van der Waals surface area contributed by atoms with Gasteiger partial charge in [-0.3, -0.25) is 14.7 Å². The number of amides is 1. The molecule has 9 heteroatoms. The molecule has 2 heterocycles. The third kappa shape index (κ3) is 7.02. The molecule has 1 amide bonds. The van der Waals surface area contributed by atoms with E-state index in [9.17, 15) is 15.2 Å². The number of unbranched alkanes of at least 4 members (excludes halogenated alkanes) is 1. The van der Waals surface area contributed by atoms with Crippen molar-refractivity contribution in [3.8, 4) is 12.1 Å². The van der Waals surface area contributed by atoms with E-state index in [1.165, 1.54) is 31.9 Å². The van der Waals surface area contributed by atoms with Crippen molar-refractivity contribution in [1.29, 1.82) is 10.5 Å². The molecule has 2 aliphatic carbocycles. The van der Waals surface area contributed by atoms with Crippen LogP contribution in [-0.2, 0) is 10.4 Å². The normalized spacial score (nSPS) is 20.2. The van der Waals surface area contributed by atoms with E-state index in [4.69, 9.17) is 5.26 Å². The second kappa shape index (κ2) is 13.1. The first-order valence-electron chi connectivity index (χ1n) is 15.2. The number of aliphatic hydroxyl groups is 1. The summed E-state index contributed by atoms with van der Waals surface area (Å²) in [7, 11) is 2.12. The molecule has 224 valence electrons. The van der Waals surface area contributed by atoms with E-state index < -0.39 is 5.60 Å². The topological polar surface area (TPSA) is 120 Å². The van der Waals surface area contributed by atoms with E-state index in [2.05, 4.69) is 45.9 Å². The van der Waals surface area contributed by atoms with Crippen LogP contribution in [0.1, 0.15) is 90.3 Å². The molecule has 1 aliphatic heterocycles. The van der Waals surface area contributed by atoms with Gasteiger partial charge in [-0.2, -0.15) is 10.5 Å². The fourth-order valence-electron chi connectivity index (χ4n) is 6.54. The van der Waals surface area contributed by atoms with E-state index in [1.807, 2.05) is 17.0 Å². The summed E-state index contributed by atoms with van der Waals surface area (Å²) < 4.78 is 0. The van der Waals surface area contributed by atoms with Gasteiger partial charge < -0.3 is 14.9 Å². The largest absolute Gasteiger partial charge is 0.384 e. The predicted molar refractivity (Wildman–Crippen MR) is 165 cm³/mol. The van der Waals surface area contributed by atoms with Gasteiger partial charge in [0, 0.05) is 33.5 Å². The molecule has 1 N–H and O–H groups in total. The molecular formula is C33H45N7O2. The number of fused-ring (bicyclic) bond motifs is 1. The molecule has 2 unspecified atom stereocenters. The number of anilines is 3. The van der Waals surface area contributed by atoms with Crippen LogP contribution in [-0.4, -0.2) is 47.8 Å². The summed E-state index contributed by atoms with van der Waals surface area (Å²) in [6.07, 6.45) is 11.6. The Hall–Kier alpha value is -3.69. The van der Waals surface area contributed by atoms with Crippen LogP contribution < -0.4 is 14.7 Å². The average molecular weight is 572 g/mol. The molecule has 1 aromatic carbocycles. The number of nitriles is 2. The summed E-state index contributed by atoms with van der Waals surface area (Å²) in [6.45, 7) is 9.38. The van der Waals surface area contributed by atoms with Gasteiger partial charge in [-0.1, -0.05) is 13.3 Å². The van der Waals surface area contributed by atoms with E-state index in [-0.39, 0.29) is 5.91 Å². The van der Waals surface area contributed by atoms with Gasteiger partial charge in [0.15, 0.2) is 5.82 Å². The molecular weight excluding hydrogens is 526 g/mol. The summed E-state index contributed by atoms with van der Waals surface area (Å²) in [6, 6.07) is 10.0. The van der Waals surface area contributed by atoms with Crippen LogP contribution in [0.25, 0.3) is 0 Å². The van der Waals surface area contributed by atoms with Crippen LogP contribution in [0, 0.1) is 39.9 Å². The lowest BCUT2D eigenvalue weighted by Crippen LogP contribution is -2.42. The number of benzene rings is 1. The molecule has 2 fully saturated rings. The number of nitrogens with zero attached hydrogens (tertiary/aromatic N) is 7. The van der Waals surface area contributed by atoms with Crippen molar-refractivity contribution in [2.24, 2.45) is 17.3 Å². The Labute approximate surface area is 250 Å². The summed E-state index contributed by atoms with van der Waals surface area (Å²) in [5, 5.41) is 27.1. The van der Waals surface area contributed by atoms with Crippen LogP contribution in [0.5, 0.6) is 0 Å². The maximum Gasteiger partial charge on any atom is 0.228 e. The highest BCUT2D eigenvalue weighted by atomic mass is 16.3. The smallest absolute Gasteiger partial charge is 0.228 e. The van der Waals surface area contributed by atoms with Gasteiger partial charge in [-0.15, -0.1) is 0 Å². The molecule has 0 radical (unpaired) electrons. The summed E-state index contributed by atoms with van der Waals surface area (Å²) >= 11 is 0. The standard InChI is InChI=1S/C31H42N6O2.C2H3N/c1-5-6-7-29(38)37(28-18-33-27(17-34-28)30(2,3)39)19-23-10-11-31(12-13-31)24(14-23)20-36-21-35(4)25-9-8-22(16-32)15-26(25)36;1-2-3/h8-9,15,17-18,23-24,39H,5-7,10-14,19-21H2,1-4H3;1H3. The van der Waals surface area contributed by atoms with Crippen molar-refractivity contribution in [1.82, 2.24) is 9.97 Å². The molecule has 1 spiro atoms. The lowest BCUT2D eigenvalue weighted by molar-refractivity contribution is -0.119. The lowest BCUT2D eigenvalue weighted by Gasteiger charge is -2.40. The van der Waals surface area contributed by atoms with Crippen LogP contribution in [0.2, 0.25) is 0 Å². The quantitative estimate of drug-likeness (QED) is 0.405. The third-order valence-electron chi connectivity index (χ3n) is 9.13. The minimum atomic E-state index is -1.08. The van der Waals surface area contributed by atoms with Crippen molar-refractivity contribution in [2.45, 2.75) is 84.7 Å². The highest BCUT2D eigenvalue weighted by Gasteiger charge is 2.52. The molecule has 42 heavy (non-hydrogen) atoms. The fourth-order valence-corrected chi connectivity index (χ4v) is 6.54. The van der Waals surface area contributed by atoms with Gasteiger partial charge >= 0.3 is 0 Å². The number of aromatic nitrogens is 2. The highest BCUT2D eigenvalue weighted by Crippen LogP contribution is 2.61. The summed E-state index contributed by atoms with van der Waals surface area (Å²) in [5.74, 6) is 1.63. The van der Waals surface area contributed by atoms with E-state index in [1.54, 1.807) is 32.3 Å². The van der Waals surface area contributed by atoms with Crippen LogP contribution in [0.3, 0.4) is 0 Å². The fraction of sp³-hybridized carbons (Fsp3) is 0.606. The van der Waals surface area contributed by atoms with Crippen molar-refractivity contribution in [3.63, 3.8) is 0 Å². The molecule has 2 aromatic rings. The van der Waals surface area contributed by atoms with Gasteiger partial charge in [0.2, 0.25) is 5.91 Å². The molecule has 0 saturated heterocycles. The molecule has 5 rings (SSSR count). The molecule has 0 bridgehead atoms. The van der Waals surface area contributed by atoms with Crippen LogP contribution in [0.15, 0.2) is 30.6 Å². The first kappa shape index (κ1) is 31.3. The number of carbonyl (C=O) groups excluding carboxylic acids is 1. The van der Waals surface area contributed by atoms with E-state index in [0.717, 1.165) is 44.6 Å². The summed E-state index contributed by atoms with van der Waals surface area (Å²) in [5.41, 5.74) is 2.90. The highest BCUT2D eigenvalue weighted by molar-refractivity contribution is 5.92. The SMILES string of the molecule is CC#N.CCCCC(=O)N(CC1CCC2(CC2)C(CN2CN(C)c3ccc(C#N)cc32)C1)c1cnc(C(C)(C)O)cn1. The minimum absolute atomic E-state index is 0.101. The lowest BCUT2D eigenvalue weighted by atomic mass is 9.71. The maximum absolute atomic E-state index is 13.4. The Kier molecular flexibility index (Phi) is 9.74. The first-order valence-corrected chi connectivity index (χ1v) is 15.2. The van der Waals surface area contributed by atoms with Gasteiger partial charge in [0.1, 0.15) is 5.60 Å². The molecule has 2 atom stereocenters. The first-order chi connectivity index (χ1) is 20.0. The zero-order valence-corrected chi connectivity index (χ0v) is 25.8. The van der Waals surface area contributed by atoms with Gasteiger partial charge in [0.25, 0.3) is 0 Å². The molecule has 3 aliphatic rings. The van der Waals surface area contributed by atoms with Crippen LogP contribution >= 0.6 is 0 Å². The molecule has 1 aromatic heterocycles. The number of carbonyl (C=O) groups is 1. The number of rotatable bonds is 9. The van der Waals surface area contributed by atoms with E-state index in [0.29, 0.717) is 47.3 Å². The Morgan fingerprint density at radius 2 is 1.93 bits per heavy atom. The van der Waals surface area contributed by atoms with Crippen LogP contribution in [0.4, 0.5) is 17.2 Å². The van der Waals surface area contributed by atoms with Crippen molar-refractivity contribution < 1.29 is 9.90 Å². The van der Waals surface area contributed by atoms with Gasteiger partial charge in [0.05, 0.1) is 53.8 Å². The van der Waals surface area contributed by atoms with Crippen molar-refractivity contribution in [2.75, 3.05) is 41.5 Å². The van der Waals surface area contributed by atoms with E-state index >= 15 is 0 Å². The minimum Gasteiger partial charge on any atom is -0.384 e. The van der Waals surface area contributed by atoms with Crippen molar-refractivity contribution >= 4 is 23.1 Å². The van der Waals surface area contributed by atoms with Crippen molar-refractivity contribution in [3.05, 3.63) is 41.9 Å². The number of hydrogen-bond donors (Lipinski definition) is 1. The average Bonchev–Trinajstić information content (AvgIpc) is 3.68. The Bertz CT molecular complexity index is 1320. The monoisotopic (exact) mass is 571 g/mol.